The van der Waals surface area contributed by atoms with Crippen LogP contribution in [0.15, 0.2) is 43.0 Å². The number of nitrogens with one attached hydrogen (secondary N) is 2. The molecular weight excluding hydrogens is 316 g/mol. The van der Waals surface area contributed by atoms with Gasteiger partial charge in [-0.1, -0.05) is 24.3 Å². The van der Waals surface area contributed by atoms with E-state index < -0.39 is 0 Å². The lowest BCUT2D eigenvalue weighted by Crippen LogP contribution is -2.42. The topological polar surface area (TPSA) is 68.2 Å². The molecule has 0 saturated heterocycles. The van der Waals surface area contributed by atoms with Gasteiger partial charge in [0.05, 0.1) is 18.5 Å². The molecule has 0 unspecified atom stereocenters. The zero-order chi connectivity index (χ0) is 18.3. The summed E-state index contributed by atoms with van der Waals surface area (Å²) in [6, 6.07) is 7.90. The van der Waals surface area contributed by atoms with Gasteiger partial charge in [0.25, 0.3) is 0 Å². The lowest BCUT2D eigenvalue weighted by molar-refractivity contribution is -0.0149. The van der Waals surface area contributed by atoms with Crippen LogP contribution in [0, 0.1) is 0 Å². The number of hydrogen-bond donors (Lipinski definition) is 2. The molecule has 1 aromatic carbocycles. The first-order chi connectivity index (χ1) is 11.8. The second kappa shape index (κ2) is 8.67. The molecule has 1 heterocycles. The van der Waals surface area contributed by atoms with E-state index in [1.807, 2.05) is 56.7 Å². The number of rotatable bonds is 7. The van der Waals surface area contributed by atoms with Crippen LogP contribution < -0.4 is 10.6 Å². The van der Waals surface area contributed by atoms with Crippen molar-refractivity contribution < 1.29 is 9.53 Å². The van der Waals surface area contributed by atoms with Crippen molar-refractivity contribution in [3.05, 3.63) is 54.1 Å². The van der Waals surface area contributed by atoms with Crippen molar-refractivity contribution in [2.24, 2.45) is 0 Å². The van der Waals surface area contributed by atoms with E-state index in [1.54, 1.807) is 12.5 Å². The van der Waals surface area contributed by atoms with Crippen LogP contribution in [0.25, 0.3) is 0 Å². The number of hydrogen-bond acceptors (Lipinski definition) is 3. The van der Waals surface area contributed by atoms with Gasteiger partial charge in [0.2, 0.25) is 0 Å². The number of imidazole rings is 1. The van der Waals surface area contributed by atoms with Crippen molar-refractivity contribution in [3.8, 4) is 0 Å². The highest BCUT2D eigenvalue weighted by molar-refractivity contribution is 5.74. The third-order valence-electron chi connectivity index (χ3n) is 3.54. The number of amides is 2. The Morgan fingerprint density at radius 2 is 2.08 bits per heavy atom. The van der Waals surface area contributed by atoms with E-state index in [-0.39, 0.29) is 17.7 Å². The van der Waals surface area contributed by atoms with Gasteiger partial charge in [0.1, 0.15) is 0 Å². The minimum atomic E-state index is -0.177. The molecule has 0 radical (unpaired) electrons. The number of ether oxygens (including phenoxy) is 1. The van der Waals surface area contributed by atoms with Crippen molar-refractivity contribution >= 4 is 6.03 Å². The first-order valence-corrected chi connectivity index (χ1v) is 8.54. The third-order valence-corrected chi connectivity index (χ3v) is 3.54. The largest absolute Gasteiger partial charge is 0.371 e. The average molecular weight is 344 g/mol. The van der Waals surface area contributed by atoms with Crippen molar-refractivity contribution in [3.63, 3.8) is 0 Å². The van der Waals surface area contributed by atoms with E-state index >= 15 is 0 Å². The van der Waals surface area contributed by atoms with Gasteiger partial charge in [-0.2, -0.15) is 0 Å². The molecule has 0 fully saturated rings. The molecule has 0 saturated carbocycles. The number of carbonyl (C=O) groups is 1. The maximum absolute atomic E-state index is 12.0. The smallest absolute Gasteiger partial charge is 0.315 e. The molecule has 6 heteroatoms. The highest BCUT2D eigenvalue weighted by Gasteiger charge is 2.11. The van der Waals surface area contributed by atoms with Gasteiger partial charge in [0.15, 0.2) is 0 Å². The van der Waals surface area contributed by atoms with E-state index in [2.05, 4.69) is 21.7 Å². The molecule has 6 nitrogen and oxygen atoms in total. The summed E-state index contributed by atoms with van der Waals surface area (Å²) >= 11 is 0. The van der Waals surface area contributed by atoms with Crippen molar-refractivity contribution in [1.82, 2.24) is 20.2 Å². The average Bonchev–Trinajstić information content (AvgIpc) is 3.03. The van der Waals surface area contributed by atoms with Crippen molar-refractivity contribution in [1.29, 1.82) is 0 Å². The van der Waals surface area contributed by atoms with Gasteiger partial charge in [-0.3, -0.25) is 0 Å². The second-order valence-electron chi connectivity index (χ2n) is 7.21. The Morgan fingerprint density at radius 3 is 2.76 bits per heavy atom. The Labute approximate surface area is 149 Å². The normalized spacial score (nSPS) is 12.6. The van der Waals surface area contributed by atoms with E-state index in [0.717, 1.165) is 11.1 Å². The summed E-state index contributed by atoms with van der Waals surface area (Å²) in [5, 5.41) is 5.82. The Hall–Kier alpha value is -2.34. The standard InChI is InChI=1S/C19H28N4O2/c1-15(12-23-9-8-20-14-23)22-18(24)21-11-16-6-5-7-17(10-16)13-25-19(2,3)4/h5-10,14-15H,11-13H2,1-4H3,(H2,21,22,24)/t15-/m0/s1. The first-order valence-electron chi connectivity index (χ1n) is 8.54. The molecule has 2 aromatic rings. The summed E-state index contributed by atoms with van der Waals surface area (Å²) in [5.74, 6) is 0. The number of aromatic nitrogens is 2. The lowest BCUT2D eigenvalue weighted by Gasteiger charge is -2.19. The SMILES string of the molecule is C[C@@H](Cn1ccnc1)NC(=O)NCc1cccc(COC(C)(C)C)c1. The van der Waals surface area contributed by atoms with Gasteiger partial charge < -0.3 is 19.9 Å². The zero-order valence-corrected chi connectivity index (χ0v) is 15.5. The molecule has 0 spiro atoms. The quantitative estimate of drug-likeness (QED) is 0.811. The minimum Gasteiger partial charge on any atom is -0.371 e. The highest BCUT2D eigenvalue weighted by Crippen LogP contribution is 2.13. The maximum atomic E-state index is 12.0. The van der Waals surface area contributed by atoms with Crippen LogP contribution in [-0.4, -0.2) is 27.2 Å². The summed E-state index contributed by atoms with van der Waals surface area (Å²) in [4.78, 5) is 16.0. The van der Waals surface area contributed by atoms with Crippen LogP contribution in [0.4, 0.5) is 4.79 Å². The summed E-state index contributed by atoms with van der Waals surface area (Å²) in [5.41, 5.74) is 1.98. The Morgan fingerprint density at radius 1 is 1.32 bits per heavy atom. The first kappa shape index (κ1) is 19.0. The van der Waals surface area contributed by atoms with Crippen LogP contribution >= 0.6 is 0 Å². The molecule has 136 valence electrons. The van der Waals surface area contributed by atoms with E-state index in [0.29, 0.717) is 19.7 Å². The van der Waals surface area contributed by atoms with Crippen LogP contribution in [-0.2, 0) is 24.4 Å². The molecule has 0 aliphatic rings. The fourth-order valence-corrected chi connectivity index (χ4v) is 2.34. The van der Waals surface area contributed by atoms with E-state index in [9.17, 15) is 4.79 Å². The summed E-state index contributed by atoms with van der Waals surface area (Å²) in [6.45, 7) is 9.80. The number of urea groups is 1. The number of benzene rings is 1. The molecule has 2 N–H and O–H groups in total. The van der Waals surface area contributed by atoms with Gasteiger partial charge >= 0.3 is 6.03 Å². The third kappa shape index (κ3) is 7.39. The van der Waals surface area contributed by atoms with E-state index in [4.69, 9.17) is 4.74 Å². The fourth-order valence-electron chi connectivity index (χ4n) is 2.34. The molecule has 0 bridgehead atoms. The molecule has 0 aliphatic carbocycles. The molecular formula is C19H28N4O2. The van der Waals surface area contributed by atoms with Crippen molar-refractivity contribution in [2.75, 3.05) is 0 Å². The number of nitrogens with zero attached hydrogens (tertiary/aromatic N) is 2. The number of carbonyl (C=O) groups excluding carboxylic acids is 1. The Bertz CT molecular complexity index is 662. The molecule has 1 aromatic heterocycles. The minimum absolute atomic E-state index is 0.0146. The van der Waals surface area contributed by atoms with Crippen LogP contribution in [0.5, 0.6) is 0 Å². The molecule has 2 amide bonds. The molecule has 1 atom stereocenters. The van der Waals surface area contributed by atoms with Crippen LogP contribution in [0.3, 0.4) is 0 Å². The maximum Gasteiger partial charge on any atom is 0.315 e. The van der Waals surface area contributed by atoms with Gasteiger partial charge in [0, 0.05) is 31.5 Å². The van der Waals surface area contributed by atoms with Crippen molar-refractivity contribution in [2.45, 2.75) is 59.0 Å². The lowest BCUT2D eigenvalue weighted by atomic mass is 10.1. The van der Waals surface area contributed by atoms with Crippen LogP contribution in [0.2, 0.25) is 0 Å². The Kier molecular flexibility index (Phi) is 6.58. The highest BCUT2D eigenvalue weighted by atomic mass is 16.5. The predicted molar refractivity (Wildman–Crippen MR) is 98.0 cm³/mol. The zero-order valence-electron chi connectivity index (χ0n) is 15.5. The second-order valence-corrected chi connectivity index (χ2v) is 7.21. The summed E-state index contributed by atoms with van der Waals surface area (Å²) < 4.78 is 7.73. The van der Waals surface area contributed by atoms with E-state index in [1.165, 1.54) is 0 Å². The van der Waals surface area contributed by atoms with Crippen LogP contribution in [0.1, 0.15) is 38.8 Å². The molecule has 0 aliphatic heterocycles. The molecule has 2 rings (SSSR count). The molecule has 25 heavy (non-hydrogen) atoms. The summed E-state index contributed by atoms with van der Waals surface area (Å²) in [7, 11) is 0. The fraction of sp³-hybridized carbons (Fsp3) is 0.474. The van der Waals surface area contributed by atoms with Gasteiger partial charge in [-0.25, -0.2) is 9.78 Å². The van der Waals surface area contributed by atoms with Gasteiger partial charge in [-0.05, 0) is 38.8 Å². The predicted octanol–water partition coefficient (Wildman–Crippen LogP) is 3.09. The Balaban J connectivity index is 1.77. The monoisotopic (exact) mass is 344 g/mol. The summed E-state index contributed by atoms with van der Waals surface area (Å²) in [6.07, 6.45) is 5.34. The van der Waals surface area contributed by atoms with Gasteiger partial charge in [-0.15, -0.1) is 0 Å².